The Hall–Kier alpha value is -0.990. The van der Waals surface area contributed by atoms with Crippen molar-refractivity contribution < 1.29 is 0 Å². The number of nitrogens with zero attached hydrogens (tertiary/aromatic N) is 2. The lowest BCUT2D eigenvalue weighted by Gasteiger charge is -2.25. The van der Waals surface area contributed by atoms with Gasteiger partial charge >= 0.3 is 0 Å². The van der Waals surface area contributed by atoms with Gasteiger partial charge in [-0.3, -0.25) is 0 Å². The topological polar surface area (TPSA) is 29.9 Å². The molecule has 3 nitrogen and oxygen atoms in total. The molecule has 72 valence electrons. The van der Waals surface area contributed by atoms with E-state index in [1.165, 1.54) is 25.7 Å². The fraction of sp³-hybridized carbons (Fsp3) is 0.700. The van der Waals surface area contributed by atoms with Crippen LogP contribution in [0.1, 0.15) is 25.7 Å². The van der Waals surface area contributed by atoms with Crippen molar-refractivity contribution in [1.82, 2.24) is 9.55 Å². The molecule has 2 rings (SSSR count). The van der Waals surface area contributed by atoms with E-state index in [-0.39, 0.29) is 0 Å². The van der Waals surface area contributed by atoms with Gasteiger partial charge in [-0.25, -0.2) is 4.98 Å². The summed E-state index contributed by atoms with van der Waals surface area (Å²) in [4.78, 5) is 4.21. The number of rotatable bonds is 4. The first kappa shape index (κ1) is 8.60. The standard InChI is InChI=1S/C10H17N3/c1-11-10-12-6-8-13(10)7-5-9-3-2-4-9/h6,8-9H,2-5,7H2,1H3,(H,11,12). The fourth-order valence-corrected chi connectivity index (χ4v) is 1.82. The molecule has 0 spiro atoms. The van der Waals surface area contributed by atoms with Gasteiger partial charge in [-0.2, -0.15) is 0 Å². The van der Waals surface area contributed by atoms with Gasteiger partial charge in [-0.15, -0.1) is 0 Å². The fourth-order valence-electron chi connectivity index (χ4n) is 1.82. The Balaban J connectivity index is 1.85. The van der Waals surface area contributed by atoms with Gasteiger partial charge in [0.2, 0.25) is 5.95 Å². The van der Waals surface area contributed by atoms with E-state index in [9.17, 15) is 0 Å². The van der Waals surface area contributed by atoms with Gasteiger partial charge in [-0.05, 0) is 12.3 Å². The predicted molar refractivity (Wildman–Crippen MR) is 53.7 cm³/mol. The Morgan fingerprint density at radius 1 is 1.62 bits per heavy atom. The van der Waals surface area contributed by atoms with E-state index >= 15 is 0 Å². The molecular weight excluding hydrogens is 162 g/mol. The van der Waals surface area contributed by atoms with Crippen LogP contribution in [0.25, 0.3) is 0 Å². The van der Waals surface area contributed by atoms with Crippen molar-refractivity contribution in [2.24, 2.45) is 5.92 Å². The Kier molecular flexibility index (Phi) is 2.52. The third-order valence-electron chi connectivity index (χ3n) is 2.94. The molecule has 0 bridgehead atoms. The zero-order valence-corrected chi connectivity index (χ0v) is 8.16. The number of nitrogens with one attached hydrogen (secondary N) is 1. The highest BCUT2D eigenvalue weighted by Crippen LogP contribution is 2.29. The quantitative estimate of drug-likeness (QED) is 0.767. The van der Waals surface area contributed by atoms with E-state index in [0.717, 1.165) is 18.4 Å². The average molecular weight is 179 g/mol. The second-order valence-corrected chi connectivity index (χ2v) is 3.78. The van der Waals surface area contributed by atoms with E-state index in [1.54, 1.807) is 0 Å². The first-order valence-corrected chi connectivity index (χ1v) is 5.09. The summed E-state index contributed by atoms with van der Waals surface area (Å²) >= 11 is 0. The molecule has 1 fully saturated rings. The van der Waals surface area contributed by atoms with Crippen LogP contribution in [0.4, 0.5) is 5.95 Å². The van der Waals surface area contributed by atoms with Crippen molar-refractivity contribution in [2.45, 2.75) is 32.2 Å². The minimum Gasteiger partial charge on any atom is -0.359 e. The van der Waals surface area contributed by atoms with Gasteiger partial charge in [0.05, 0.1) is 0 Å². The highest BCUT2D eigenvalue weighted by molar-refractivity contribution is 5.23. The van der Waals surface area contributed by atoms with Gasteiger partial charge in [0, 0.05) is 26.0 Å². The van der Waals surface area contributed by atoms with Gasteiger partial charge < -0.3 is 9.88 Å². The van der Waals surface area contributed by atoms with Crippen LogP contribution in [-0.4, -0.2) is 16.6 Å². The third kappa shape index (κ3) is 1.85. The number of aromatic nitrogens is 2. The minimum atomic E-state index is 0.979. The second kappa shape index (κ2) is 3.81. The highest BCUT2D eigenvalue weighted by atomic mass is 15.2. The van der Waals surface area contributed by atoms with Crippen LogP contribution >= 0.6 is 0 Å². The van der Waals surface area contributed by atoms with Crippen LogP contribution < -0.4 is 5.32 Å². The highest BCUT2D eigenvalue weighted by Gasteiger charge is 2.17. The first-order valence-electron chi connectivity index (χ1n) is 5.09. The molecule has 1 aliphatic rings. The molecule has 0 unspecified atom stereocenters. The summed E-state index contributed by atoms with van der Waals surface area (Å²) in [5, 5.41) is 3.09. The van der Waals surface area contributed by atoms with Crippen LogP contribution in [0.5, 0.6) is 0 Å². The Labute approximate surface area is 79.2 Å². The zero-order chi connectivity index (χ0) is 9.10. The largest absolute Gasteiger partial charge is 0.359 e. The van der Waals surface area contributed by atoms with E-state index in [4.69, 9.17) is 0 Å². The Bertz CT molecular complexity index is 263. The summed E-state index contributed by atoms with van der Waals surface area (Å²) in [5.41, 5.74) is 0. The molecule has 1 aromatic rings. The molecule has 0 aliphatic heterocycles. The molecule has 0 atom stereocenters. The molecule has 0 saturated heterocycles. The normalized spacial score (nSPS) is 17.0. The summed E-state index contributed by atoms with van der Waals surface area (Å²) < 4.78 is 2.19. The van der Waals surface area contributed by atoms with Crippen molar-refractivity contribution in [1.29, 1.82) is 0 Å². The summed E-state index contributed by atoms with van der Waals surface area (Å²) in [5.74, 6) is 1.96. The van der Waals surface area contributed by atoms with E-state index < -0.39 is 0 Å². The van der Waals surface area contributed by atoms with Crippen molar-refractivity contribution >= 4 is 5.95 Å². The van der Waals surface area contributed by atoms with Gasteiger partial charge in [0.15, 0.2) is 0 Å². The summed E-state index contributed by atoms with van der Waals surface area (Å²) in [6.07, 6.45) is 9.52. The number of hydrogen-bond acceptors (Lipinski definition) is 2. The predicted octanol–water partition coefficient (Wildman–Crippen LogP) is 2.12. The van der Waals surface area contributed by atoms with E-state index in [2.05, 4.69) is 14.9 Å². The zero-order valence-electron chi connectivity index (χ0n) is 8.16. The number of aryl methyl sites for hydroxylation is 1. The lowest BCUT2D eigenvalue weighted by atomic mass is 9.83. The summed E-state index contributed by atoms with van der Waals surface area (Å²) in [7, 11) is 1.92. The monoisotopic (exact) mass is 179 g/mol. The van der Waals surface area contributed by atoms with Crippen LogP contribution in [0.15, 0.2) is 12.4 Å². The molecule has 0 amide bonds. The van der Waals surface area contributed by atoms with Crippen molar-refractivity contribution in [3.05, 3.63) is 12.4 Å². The van der Waals surface area contributed by atoms with Crippen LogP contribution in [0, 0.1) is 5.92 Å². The summed E-state index contributed by atoms with van der Waals surface area (Å²) in [6, 6.07) is 0. The van der Waals surface area contributed by atoms with Crippen LogP contribution in [0.2, 0.25) is 0 Å². The Morgan fingerprint density at radius 3 is 3.08 bits per heavy atom. The molecule has 1 saturated carbocycles. The number of imidazole rings is 1. The SMILES string of the molecule is CNc1nccn1CCC1CCC1. The van der Waals surface area contributed by atoms with Crippen molar-refractivity contribution in [3.63, 3.8) is 0 Å². The maximum absolute atomic E-state index is 4.21. The van der Waals surface area contributed by atoms with Crippen LogP contribution in [0.3, 0.4) is 0 Å². The third-order valence-corrected chi connectivity index (χ3v) is 2.94. The Morgan fingerprint density at radius 2 is 2.46 bits per heavy atom. The van der Waals surface area contributed by atoms with Gasteiger partial charge in [0.1, 0.15) is 0 Å². The van der Waals surface area contributed by atoms with Gasteiger partial charge in [-0.1, -0.05) is 19.3 Å². The molecular formula is C10H17N3. The number of hydrogen-bond donors (Lipinski definition) is 1. The maximum atomic E-state index is 4.21. The molecule has 1 N–H and O–H groups in total. The van der Waals surface area contributed by atoms with Crippen LogP contribution in [-0.2, 0) is 6.54 Å². The van der Waals surface area contributed by atoms with Crippen molar-refractivity contribution in [3.8, 4) is 0 Å². The van der Waals surface area contributed by atoms with Crippen molar-refractivity contribution in [2.75, 3.05) is 12.4 Å². The summed E-state index contributed by atoms with van der Waals surface area (Å²) in [6.45, 7) is 1.11. The lowest BCUT2D eigenvalue weighted by molar-refractivity contribution is 0.283. The maximum Gasteiger partial charge on any atom is 0.202 e. The first-order chi connectivity index (χ1) is 6.40. The molecule has 0 radical (unpaired) electrons. The molecule has 0 aromatic carbocycles. The van der Waals surface area contributed by atoms with E-state index in [0.29, 0.717) is 0 Å². The molecule has 13 heavy (non-hydrogen) atoms. The molecule has 1 heterocycles. The smallest absolute Gasteiger partial charge is 0.202 e. The molecule has 1 aromatic heterocycles. The minimum absolute atomic E-state index is 0.979. The molecule has 1 aliphatic carbocycles. The van der Waals surface area contributed by atoms with Gasteiger partial charge in [0.25, 0.3) is 0 Å². The number of anilines is 1. The molecule has 3 heteroatoms. The second-order valence-electron chi connectivity index (χ2n) is 3.78. The van der Waals surface area contributed by atoms with E-state index in [1.807, 2.05) is 19.4 Å². The average Bonchev–Trinajstić information content (AvgIpc) is 2.49. The lowest BCUT2D eigenvalue weighted by Crippen LogP contribution is -2.14.